The molecule has 2 atom stereocenters. The Morgan fingerprint density at radius 2 is 1.69 bits per heavy atom. The third-order valence-electron chi connectivity index (χ3n) is 3.70. The lowest BCUT2D eigenvalue weighted by Crippen LogP contribution is -2.32. The normalized spacial score (nSPS) is 28.9. The molecule has 2 fully saturated rings. The summed E-state index contributed by atoms with van der Waals surface area (Å²) >= 11 is 3.38. The highest BCUT2D eigenvalue weighted by atomic mass is 79.9. The quantitative estimate of drug-likeness (QED) is 0.442. The minimum atomic E-state index is 0.0312. The zero-order valence-corrected chi connectivity index (χ0v) is 11.0. The van der Waals surface area contributed by atoms with Crippen molar-refractivity contribution in [1.29, 1.82) is 0 Å². The van der Waals surface area contributed by atoms with Crippen molar-refractivity contribution < 1.29 is 9.59 Å². The molecule has 1 heterocycles. The molecule has 0 aromatic carbocycles. The first-order valence-electron chi connectivity index (χ1n) is 6.17. The number of halogens is 1. The van der Waals surface area contributed by atoms with Crippen LogP contribution in [0.2, 0.25) is 0 Å². The summed E-state index contributed by atoms with van der Waals surface area (Å²) in [6.07, 6.45) is 6.04. The summed E-state index contributed by atoms with van der Waals surface area (Å²) in [4.78, 5) is 25.4. The van der Waals surface area contributed by atoms with Gasteiger partial charge >= 0.3 is 0 Å². The topological polar surface area (TPSA) is 37.4 Å². The number of unbranched alkanes of at least 4 members (excludes halogenated alkanes) is 2. The Kier molecular flexibility index (Phi) is 4.00. The van der Waals surface area contributed by atoms with Crippen molar-refractivity contribution in [2.45, 2.75) is 38.5 Å². The van der Waals surface area contributed by atoms with E-state index in [1.54, 1.807) is 0 Å². The summed E-state index contributed by atoms with van der Waals surface area (Å²) in [5.74, 6) is 0.269. The molecule has 1 aliphatic carbocycles. The molecule has 1 aliphatic heterocycles. The maximum absolute atomic E-state index is 12.0. The van der Waals surface area contributed by atoms with E-state index >= 15 is 0 Å². The first-order valence-corrected chi connectivity index (χ1v) is 7.29. The standard InChI is InChI=1S/C12H18BrNO2/c13-7-2-1-3-8-14-11(15)9-5-4-6-10(9)12(14)16/h9-10H,1-8H2. The second-order valence-corrected chi connectivity index (χ2v) is 5.51. The van der Waals surface area contributed by atoms with Crippen LogP contribution in [-0.2, 0) is 9.59 Å². The highest BCUT2D eigenvalue weighted by molar-refractivity contribution is 9.09. The van der Waals surface area contributed by atoms with Crippen molar-refractivity contribution in [3.05, 3.63) is 0 Å². The van der Waals surface area contributed by atoms with Gasteiger partial charge in [0.25, 0.3) is 0 Å². The van der Waals surface area contributed by atoms with Crippen LogP contribution in [0, 0.1) is 11.8 Å². The predicted molar refractivity (Wildman–Crippen MR) is 65.2 cm³/mol. The summed E-state index contributed by atoms with van der Waals surface area (Å²) in [5.41, 5.74) is 0. The van der Waals surface area contributed by atoms with Crippen molar-refractivity contribution in [2.75, 3.05) is 11.9 Å². The van der Waals surface area contributed by atoms with Gasteiger partial charge in [-0.15, -0.1) is 0 Å². The van der Waals surface area contributed by atoms with Crippen molar-refractivity contribution >= 4 is 27.7 Å². The minimum absolute atomic E-state index is 0.0312. The van der Waals surface area contributed by atoms with Crippen LogP contribution >= 0.6 is 15.9 Å². The van der Waals surface area contributed by atoms with Gasteiger partial charge in [0.1, 0.15) is 0 Å². The first-order chi connectivity index (χ1) is 7.75. The number of rotatable bonds is 5. The van der Waals surface area contributed by atoms with Gasteiger partial charge in [0.05, 0.1) is 11.8 Å². The van der Waals surface area contributed by atoms with E-state index in [-0.39, 0.29) is 23.7 Å². The largest absolute Gasteiger partial charge is 0.282 e. The summed E-state index contributed by atoms with van der Waals surface area (Å²) in [7, 11) is 0. The lowest BCUT2D eigenvalue weighted by atomic mass is 10.00. The Morgan fingerprint density at radius 1 is 1.06 bits per heavy atom. The molecule has 2 aliphatic rings. The Balaban J connectivity index is 1.86. The van der Waals surface area contributed by atoms with Crippen molar-refractivity contribution in [2.24, 2.45) is 11.8 Å². The molecule has 0 N–H and O–H groups in total. The summed E-state index contributed by atoms with van der Waals surface area (Å²) in [6, 6.07) is 0. The van der Waals surface area contributed by atoms with Crippen LogP contribution in [0.4, 0.5) is 0 Å². The van der Waals surface area contributed by atoms with Gasteiger partial charge in [-0.1, -0.05) is 28.8 Å². The van der Waals surface area contributed by atoms with Gasteiger partial charge < -0.3 is 0 Å². The Morgan fingerprint density at radius 3 is 2.25 bits per heavy atom. The highest BCUT2D eigenvalue weighted by Crippen LogP contribution is 2.39. The number of fused-ring (bicyclic) bond motifs is 1. The third-order valence-corrected chi connectivity index (χ3v) is 4.26. The maximum atomic E-state index is 12.0. The number of imide groups is 1. The molecule has 90 valence electrons. The van der Waals surface area contributed by atoms with Crippen molar-refractivity contribution in [3.8, 4) is 0 Å². The van der Waals surface area contributed by atoms with Crippen LogP contribution < -0.4 is 0 Å². The van der Waals surface area contributed by atoms with Gasteiger partial charge in [0.15, 0.2) is 0 Å². The van der Waals surface area contributed by atoms with E-state index in [0.29, 0.717) is 6.54 Å². The molecule has 0 radical (unpaired) electrons. The molecule has 2 amide bonds. The monoisotopic (exact) mass is 287 g/mol. The van der Waals surface area contributed by atoms with Gasteiger partial charge in [0, 0.05) is 11.9 Å². The second-order valence-electron chi connectivity index (χ2n) is 4.72. The number of hydrogen-bond acceptors (Lipinski definition) is 2. The average molecular weight is 288 g/mol. The minimum Gasteiger partial charge on any atom is -0.282 e. The van der Waals surface area contributed by atoms with Crippen LogP contribution in [0.25, 0.3) is 0 Å². The van der Waals surface area contributed by atoms with Gasteiger partial charge in [-0.25, -0.2) is 0 Å². The summed E-state index contributed by atoms with van der Waals surface area (Å²) in [6.45, 7) is 0.637. The molecule has 2 rings (SSSR count). The van der Waals surface area contributed by atoms with Gasteiger partial charge in [-0.05, 0) is 25.7 Å². The Hall–Kier alpha value is -0.380. The fourth-order valence-electron chi connectivity index (χ4n) is 2.82. The van der Waals surface area contributed by atoms with Crippen LogP contribution in [0.15, 0.2) is 0 Å². The van der Waals surface area contributed by atoms with Gasteiger partial charge in [0.2, 0.25) is 11.8 Å². The molecule has 0 bridgehead atoms. The first kappa shape index (κ1) is 12.1. The van der Waals surface area contributed by atoms with E-state index in [9.17, 15) is 9.59 Å². The molecule has 4 heteroatoms. The molecule has 1 saturated heterocycles. The molecule has 0 aromatic heterocycles. The molecular formula is C12H18BrNO2. The maximum Gasteiger partial charge on any atom is 0.233 e. The number of likely N-dealkylation sites (tertiary alicyclic amines) is 1. The number of alkyl halides is 1. The predicted octanol–water partition coefficient (Wildman–Crippen LogP) is 2.34. The van der Waals surface area contributed by atoms with Crippen LogP contribution in [0.5, 0.6) is 0 Å². The molecule has 1 saturated carbocycles. The van der Waals surface area contributed by atoms with E-state index in [2.05, 4.69) is 15.9 Å². The lowest BCUT2D eigenvalue weighted by Gasteiger charge is -2.15. The molecule has 2 unspecified atom stereocenters. The molecule has 0 aromatic rings. The van der Waals surface area contributed by atoms with E-state index in [0.717, 1.165) is 43.9 Å². The SMILES string of the molecule is O=C1C2CCCC2C(=O)N1CCCCCBr. The zero-order chi connectivity index (χ0) is 11.5. The lowest BCUT2D eigenvalue weighted by molar-refractivity contribution is -0.140. The van der Waals surface area contributed by atoms with E-state index in [1.165, 1.54) is 4.90 Å². The molecule has 3 nitrogen and oxygen atoms in total. The van der Waals surface area contributed by atoms with Gasteiger partial charge in [-0.2, -0.15) is 0 Å². The Labute approximate surface area is 105 Å². The number of amides is 2. The van der Waals surface area contributed by atoms with Crippen molar-refractivity contribution in [3.63, 3.8) is 0 Å². The number of carbonyl (C=O) groups excluding carboxylic acids is 2. The van der Waals surface area contributed by atoms with Crippen molar-refractivity contribution in [1.82, 2.24) is 4.90 Å². The van der Waals surface area contributed by atoms with Crippen LogP contribution in [-0.4, -0.2) is 28.6 Å². The molecule has 0 spiro atoms. The second kappa shape index (κ2) is 5.30. The Bertz CT molecular complexity index is 271. The fraction of sp³-hybridized carbons (Fsp3) is 0.833. The summed E-state index contributed by atoms with van der Waals surface area (Å²) in [5, 5.41) is 1.00. The van der Waals surface area contributed by atoms with Crippen LogP contribution in [0.1, 0.15) is 38.5 Å². The van der Waals surface area contributed by atoms with Gasteiger partial charge in [-0.3, -0.25) is 14.5 Å². The molecule has 16 heavy (non-hydrogen) atoms. The smallest absolute Gasteiger partial charge is 0.233 e. The summed E-state index contributed by atoms with van der Waals surface area (Å²) < 4.78 is 0. The average Bonchev–Trinajstić information content (AvgIpc) is 2.83. The third kappa shape index (κ3) is 2.17. The molecular weight excluding hydrogens is 270 g/mol. The van der Waals surface area contributed by atoms with E-state index < -0.39 is 0 Å². The number of carbonyl (C=O) groups is 2. The van der Waals surface area contributed by atoms with Crippen LogP contribution in [0.3, 0.4) is 0 Å². The fourth-order valence-corrected chi connectivity index (χ4v) is 3.22. The van der Waals surface area contributed by atoms with E-state index in [1.807, 2.05) is 0 Å². The zero-order valence-electron chi connectivity index (χ0n) is 9.45. The number of hydrogen-bond donors (Lipinski definition) is 0. The van der Waals surface area contributed by atoms with E-state index in [4.69, 9.17) is 0 Å². The number of nitrogens with zero attached hydrogens (tertiary/aromatic N) is 1. The highest BCUT2D eigenvalue weighted by Gasteiger charge is 2.49.